The van der Waals surface area contributed by atoms with Crippen LogP contribution in [0.2, 0.25) is 0 Å². The van der Waals surface area contributed by atoms with Crippen molar-refractivity contribution >= 4 is 11.6 Å². The van der Waals surface area contributed by atoms with Crippen LogP contribution in [-0.4, -0.2) is 0 Å². The number of hydrogen-bond donors (Lipinski definition) is 0. The maximum absolute atomic E-state index is 6.60. The van der Waals surface area contributed by atoms with Crippen LogP contribution in [0.15, 0.2) is 42.5 Å². The van der Waals surface area contributed by atoms with Gasteiger partial charge in [-0.3, -0.25) is 0 Å². The molecule has 0 nitrogen and oxygen atoms in total. The molecule has 94 valence electrons. The summed E-state index contributed by atoms with van der Waals surface area (Å²) >= 11 is 6.60. The lowest BCUT2D eigenvalue weighted by atomic mass is 9.95. The minimum Gasteiger partial charge on any atom is -0.117 e. The predicted molar refractivity (Wildman–Crippen MR) is 79.4 cm³/mol. The molecule has 18 heavy (non-hydrogen) atoms. The Balaban J connectivity index is 2.25. The minimum absolute atomic E-state index is 0.0491. The molecule has 1 unspecified atom stereocenters. The van der Waals surface area contributed by atoms with Crippen molar-refractivity contribution in [3.8, 4) is 0 Å². The number of rotatable bonds is 3. The zero-order valence-corrected chi connectivity index (χ0v) is 12.0. The van der Waals surface area contributed by atoms with Crippen LogP contribution in [-0.2, 0) is 6.42 Å². The van der Waals surface area contributed by atoms with Gasteiger partial charge in [0.25, 0.3) is 0 Å². The van der Waals surface area contributed by atoms with Crippen molar-refractivity contribution in [2.45, 2.75) is 32.6 Å². The molecule has 0 amide bonds. The average Bonchev–Trinajstić information content (AvgIpc) is 2.28. The zero-order valence-electron chi connectivity index (χ0n) is 11.2. The van der Waals surface area contributed by atoms with E-state index in [9.17, 15) is 0 Å². The van der Waals surface area contributed by atoms with Gasteiger partial charge in [0.2, 0.25) is 0 Å². The van der Waals surface area contributed by atoms with Gasteiger partial charge in [-0.25, -0.2) is 0 Å². The highest BCUT2D eigenvalue weighted by Crippen LogP contribution is 2.30. The van der Waals surface area contributed by atoms with E-state index in [0.29, 0.717) is 0 Å². The van der Waals surface area contributed by atoms with Crippen LogP contribution >= 0.6 is 11.6 Å². The molecule has 1 heteroatoms. The molecule has 0 aliphatic rings. The molecule has 2 aromatic rings. The van der Waals surface area contributed by atoms with Crippen molar-refractivity contribution in [3.05, 3.63) is 70.3 Å². The van der Waals surface area contributed by atoms with E-state index in [-0.39, 0.29) is 5.38 Å². The van der Waals surface area contributed by atoms with Gasteiger partial charge in [0.15, 0.2) is 0 Å². The second-order valence-electron chi connectivity index (χ2n) is 4.97. The molecule has 0 heterocycles. The van der Waals surface area contributed by atoms with E-state index >= 15 is 0 Å². The van der Waals surface area contributed by atoms with E-state index in [1.807, 2.05) is 0 Å². The highest BCUT2D eigenvalue weighted by Gasteiger charge is 2.13. The lowest BCUT2D eigenvalue weighted by Crippen LogP contribution is -2.01. The first kappa shape index (κ1) is 13.2. The second kappa shape index (κ2) is 5.58. The van der Waals surface area contributed by atoms with Gasteiger partial charge in [-0.2, -0.15) is 0 Å². The van der Waals surface area contributed by atoms with Crippen molar-refractivity contribution in [2.24, 2.45) is 0 Å². The van der Waals surface area contributed by atoms with Crippen LogP contribution in [0.25, 0.3) is 0 Å². The van der Waals surface area contributed by atoms with Crippen LogP contribution in [0.4, 0.5) is 0 Å². The Labute approximate surface area is 115 Å². The Morgan fingerprint density at radius 3 is 2.17 bits per heavy atom. The highest BCUT2D eigenvalue weighted by molar-refractivity contribution is 6.21. The molecule has 0 saturated carbocycles. The van der Waals surface area contributed by atoms with E-state index in [1.165, 1.54) is 27.8 Å². The Hall–Kier alpha value is -1.27. The molecule has 0 aliphatic carbocycles. The van der Waals surface area contributed by atoms with Crippen molar-refractivity contribution < 1.29 is 0 Å². The Kier molecular flexibility index (Phi) is 4.08. The number of hydrogen-bond acceptors (Lipinski definition) is 0. The summed E-state index contributed by atoms with van der Waals surface area (Å²) in [5.41, 5.74) is 6.43. The molecule has 2 aromatic carbocycles. The molecule has 0 saturated heterocycles. The number of benzene rings is 2. The lowest BCUT2D eigenvalue weighted by molar-refractivity contribution is 0.898. The van der Waals surface area contributed by atoms with E-state index in [2.05, 4.69) is 63.2 Å². The van der Waals surface area contributed by atoms with Gasteiger partial charge in [0.05, 0.1) is 5.38 Å². The molecular formula is C17H19Cl. The third-order valence-electron chi connectivity index (χ3n) is 3.35. The van der Waals surface area contributed by atoms with E-state index < -0.39 is 0 Å². The molecule has 1 atom stereocenters. The summed E-state index contributed by atoms with van der Waals surface area (Å²) < 4.78 is 0. The van der Waals surface area contributed by atoms with Gasteiger partial charge in [0.1, 0.15) is 0 Å². The van der Waals surface area contributed by atoms with Gasteiger partial charge < -0.3 is 0 Å². The Morgan fingerprint density at radius 2 is 1.56 bits per heavy atom. The van der Waals surface area contributed by atoms with Crippen LogP contribution in [0, 0.1) is 20.8 Å². The first-order valence-corrected chi connectivity index (χ1v) is 6.77. The van der Waals surface area contributed by atoms with Crippen molar-refractivity contribution in [2.75, 3.05) is 0 Å². The molecule has 2 rings (SSSR count). The fraction of sp³-hybridized carbons (Fsp3) is 0.294. The van der Waals surface area contributed by atoms with Crippen molar-refractivity contribution in [1.29, 1.82) is 0 Å². The maximum Gasteiger partial charge on any atom is 0.0630 e. The standard InChI is InChI=1S/C17H19Cl/c1-12-6-4-9-15(10-12)11-16(18)17-13(2)7-5-8-14(17)3/h4-10,16H,11H2,1-3H3. The molecule has 0 aromatic heterocycles. The lowest BCUT2D eigenvalue weighted by Gasteiger charge is -2.16. The third kappa shape index (κ3) is 2.94. The summed E-state index contributed by atoms with van der Waals surface area (Å²) in [7, 11) is 0. The highest BCUT2D eigenvalue weighted by atomic mass is 35.5. The minimum atomic E-state index is 0.0491. The molecule has 0 N–H and O–H groups in total. The summed E-state index contributed by atoms with van der Waals surface area (Å²) in [6, 6.07) is 14.9. The zero-order chi connectivity index (χ0) is 13.1. The van der Waals surface area contributed by atoms with Crippen molar-refractivity contribution in [1.82, 2.24) is 0 Å². The summed E-state index contributed by atoms with van der Waals surface area (Å²) in [6.45, 7) is 6.38. The number of alkyl halides is 1. The molecule has 0 radical (unpaired) electrons. The first-order chi connectivity index (χ1) is 8.58. The van der Waals surface area contributed by atoms with Crippen LogP contribution in [0.1, 0.15) is 33.2 Å². The van der Waals surface area contributed by atoms with Gasteiger partial charge in [-0.05, 0) is 49.4 Å². The fourth-order valence-corrected chi connectivity index (χ4v) is 2.99. The first-order valence-electron chi connectivity index (χ1n) is 6.33. The number of halogens is 1. The maximum atomic E-state index is 6.60. The molecule has 0 bridgehead atoms. The van der Waals surface area contributed by atoms with Crippen molar-refractivity contribution in [3.63, 3.8) is 0 Å². The number of aryl methyl sites for hydroxylation is 3. The largest absolute Gasteiger partial charge is 0.117 e. The van der Waals surface area contributed by atoms with Crippen LogP contribution in [0.5, 0.6) is 0 Å². The average molecular weight is 259 g/mol. The van der Waals surface area contributed by atoms with Gasteiger partial charge >= 0.3 is 0 Å². The molecule has 0 fully saturated rings. The summed E-state index contributed by atoms with van der Waals surface area (Å²) in [6.07, 6.45) is 0.884. The van der Waals surface area contributed by atoms with E-state index in [0.717, 1.165) is 6.42 Å². The van der Waals surface area contributed by atoms with Gasteiger partial charge in [-0.1, -0.05) is 48.0 Å². The Morgan fingerprint density at radius 1 is 0.944 bits per heavy atom. The molecular weight excluding hydrogens is 240 g/mol. The van der Waals surface area contributed by atoms with Gasteiger partial charge in [0, 0.05) is 0 Å². The summed E-state index contributed by atoms with van der Waals surface area (Å²) in [4.78, 5) is 0. The van der Waals surface area contributed by atoms with Crippen LogP contribution < -0.4 is 0 Å². The Bertz CT molecular complexity index is 523. The SMILES string of the molecule is Cc1cccc(CC(Cl)c2c(C)cccc2C)c1. The third-order valence-corrected chi connectivity index (χ3v) is 3.73. The smallest absolute Gasteiger partial charge is 0.0630 e. The topological polar surface area (TPSA) is 0 Å². The monoisotopic (exact) mass is 258 g/mol. The second-order valence-corrected chi connectivity index (χ2v) is 5.49. The summed E-state index contributed by atoms with van der Waals surface area (Å²) in [5, 5.41) is 0.0491. The van der Waals surface area contributed by atoms with E-state index in [1.54, 1.807) is 0 Å². The fourth-order valence-electron chi connectivity index (χ4n) is 2.47. The van der Waals surface area contributed by atoms with Crippen LogP contribution in [0.3, 0.4) is 0 Å². The quantitative estimate of drug-likeness (QED) is 0.669. The molecule has 0 spiro atoms. The predicted octanol–water partition coefficient (Wildman–Crippen LogP) is 5.13. The van der Waals surface area contributed by atoms with E-state index in [4.69, 9.17) is 11.6 Å². The molecule has 0 aliphatic heterocycles. The normalized spacial score (nSPS) is 12.4. The van der Waals surface area contributed by atoms with Gasteiger partial charge in [-0.15, -0.1) is 11.6 Å². The summed E-state index contributed by atoms with van der Waals surface area (Å²) in [5.74, 6) is 0.